The molecule has 2 N–H and O–H groups in total. The molecule has 0 radical (unpaired) electrons. The molecule has 1 amide bonds. The second-order valence-electron chi connectivity index (χ2n) is 10.3. The molecule has 202 valence electrons. The van der Waals surface area contributed by atoms with E-state index in [1.165, 1.54) is 12.1 Å². The van der Waals surface area contributed by atoms with E-state index in [9.17, 15) is 4.79 Å². The number of nitrogens with zero attached hydrogens (tertiary/aromatic N) is 5. The van der Waals surface area contributed by atoms with Gasteiger partial charge in [-0.3, -0.25) is 4.79 Å². The second-order valence-corrected chi connectivity index (χ2v) is 10.3. The molecule has 1 aliphatic heterocycles. The van der Waals surface area contributed by atoms with Crippen LogP contribution in [0.5, 0.6) is 5.88 Å². The van der Waals surface area contributed by atoms with E-state index in [4.69, 9.17) is 9.72 Å². The standard InChI is InChI=1S/C29H32FN7O2/c1-3-26(38)31-19-5-4-6-22(17-19)39-28-23-11-12-37(21-8-9-21)27(23)33-29(34-28)32-20-7-10-25(24(30)18-20)36-15-13-35(2)14-16-36/h3-7,10-12,18,21-22H,1,8-9,13-17H2,2H3,(H,31,38)(H,32,33,34). The summed E-state index contributed by atoms with van der Waals surface area (Å²) in [6.07, 6.45) is 11.2. The maximum atomic E-state index is 15.1. The number of carbonyl (C=O) groups is 1. The van der Waals surface area contributed by atoms with Gasteiger partial charge in [0.2, 0.25) is 17.7 Å². The first kappa shape index (κ1) is 25.1. The number of ether oxygens (including phenoxy) is 1. The lowest BCUT2D eigenvalue weighted by atomic mass is 10.1. The van der Waals surface area contributed by atoms with Gasteiger partial charge < -0.3 is 29.7 Å². The summed E-state index contributed by atoms with van der Waals surface area (Å²) in [4.78, 5) is 25.5. The van der Waals surface area contributed by atoms with Gasteiger partial charge in [0.05, 0.1) is 11.1 Å². The van der Waals surface area contributed by atoms with Crippen molar-refractivity contribution in [2.75, 3.05) is 43.4 Å². The number of aromatic nitrogens is 3. The fourth-order valence-corrected chi connectivity index (χ4v) is 4.99. The molecule has 2 fully saturated rings. The van der Waals surface area contributed by atoms with Crippen molar-refractivity contribution in [3.05, 3.63) is 72.9 Å². The normalized spacial score (nSPS) is 19.6. The van der Waals surface area contributed by atoms with Gasteiger partial charge in [-0.2, -0.15) is 9.97 Å². The van der Waals surface area contributed by atoms with Crippen LogP contribution in [0.2, 0.25) is 0 Å². The number of allylic oxidation sites excluding steroid dienone is 2. The Kier molecular flexibility index (Phi) is 6.78. The summed E-state index contributed by atoms with van der Waals surface area (Å²) in [5.41, 5.74) is 2.68. The van der Waals surface area contributed by atoms with Gasteiger partial charge in [-0.05, 0) is 62.4 Å². The third kappa shape index (κ3) is 5.51. The largest absolute Gasteiger partial charge is 0.469 e. The highest BCUT2D eigenvalue weighted by Gasteiger charge is 2.27. The van der Waals surface area contributed by atoms with Crippen molar-refractivity contribution in [1.29, 1.82) is 0 Å². The zero-order valence-corrected chi connectivity index (χ0v) is 21.9. The summed E-state index contributed by atoms with van der Waals surface area (Å²) in [7, 11) is 2.08. The van der Waals surface area contributed by atoms with Crippen LogP contribution in [0.4, 0.5) is 21.7 Å². The minimum Gasteiger partial charge on any atom is -0.469 e. The molecule has 0 spiro atoms. The SMILES string of the molecule is C=CC(=O)NC1=CC=CC(Oc2nc(Nc3ccc(N4CCN(C)CC4)c(F)c3)nc3c2ccn3C2CC2)C1. The Bertz CT molecular complexity index is 1470. The lowest BCUT2D eigenvalue weighted by Crippen LogP contribution is -2.44. The Labute approximate surface area is 226 Å². The molecule has 3 heterocycles. The smallest absolute Gasteiger partial charge is 0.247 e. The third-order valence-corrected chi connectivity index (χ3v) is 7.30. The van der Waals surface area contributed by atoms with Crippen LogP contribution in [0.1, 0.15) is 25.3 Å². The Balaban J connectivity index is 1.25. The first-order valence-corrected chi connectivity index (χ1v) is 13.3. The van der Waals surface area contributed by atoms with Gasteiger partial charge in [0.25, 0.3) is 0 Å². The molecular weight excluding hydrogens is 497 g/mol. The van der Waals surface area contributed by atoms with Crippen LogP contribution >= 0.6 is 0 Å². The highest BCUT2D eigenvalue weighted by atomic mass is 19.1. The molecule has 1 aromatic carbocycles. The number of amides is 1. The van der Waals surface area contributed by atoms with E-state index in [0.29, 0.717) is 35.7 Å². The summed E-state index contributed by atoms with van der Waals surface area (Å²) in [5, 5.41) is 6.81. The van der Waals surface area contributed by atoms with Gasteiger partial charge >= 0.3 is 0 Å². The minimum absolute atomic E-state index is 0.265. The molecule has 2 aromatic heterocycles. The quantitative estimate of drug-likeness (QED) is 0.421. The molecule has 3 aromatic rings. The Morgan fingerprint density at radius 3 is 2.74 bits per heavy atom. The van der Waals surface area contributed by atoms with Crippen LogP contribution in [0.15, 0.2) is 67.0 Å². The number of rotatable bonds is 8. The van der Waals surface area contributed by atoms with Crippen molar-refractivity contribution >= 4 is 34.3 Å². The molecule has 3 aliphatic rings. The monoisotopic (exact) mass is 529 g/mol. The van der Waals surface area contributed by atoms with E-state index < -0.39 is 0 Å². The minimum atomic E-state index is -0.328. The number of fused-ring (bicyclic) bond motifs is 1. The zero-order valence-electron chi connectivity index (χ0n) is 21.9. The third-order valence-electron chi connectivity index (χ3n) is 7.30. The van der Waals surface area contributed by atoms with E-state index in [1.54, 1.807) is 0 Å². The van der Waals surface area contributed by atoms with Crippen LogP contribution in [-0.2, 0) is 4.79 Å². The summed E-state index contributed by atoms with van der Waals surface area (Å²) in [6, 6.07) is 7.54. The summed E-state index contributed by atoms with van der Waals surface area (Å²) < 4.78 is 23.6. The average Bonchev–Trinajstić information content (AvgIpc) is 3.68. The first-order chi connectivity index (χ1) is 19.0. The van der Waals surface area contributed by atoms with Crippen LogP contribution < -0.4 is 20.3 Å². The summed E-state index contributed by atoms with van der Waals surface area (Å²) in [6.45, 7) is 6.91. The maximum Gasteiger partial charge on any atom is 0.247 e. The number of carbonyl (C=O) groups excluding carboxylic acids is 1. The molecule has 10 heteroatoms. The number of halogens is 1. The lowest BCUT2D eigenvalue weighted by molar-refractivity contribution is -0.115. The highest BCUT2D eigenvalue weighted by molar-refractivity contribution is 5.88. The van der Waals surface area contributed by atoms with Gasteiger partial charge in [-0.1, -0.05) is 12.7 Å². The van der Waals surface area contributed by atoms with Crippen molar-refractivity contribution in [3.63, 3.8) is 0 Å². The number of benzene rings is 1. The van der Waals surface area contributed by atoms with Crippen molar-refractivity contribution in [3.8, 4) is 5.88 Å². The predicted molar refractivity (Wildman–Crippen MR) is 150 cm³/mol. The van der Waals surface area contributed by atoms with E-state index in [-0.39, 0.29) is 17.8 Å². The van der Waals surface area contributed by atoms with Crippen molar-refractivity contribution in [1.82, 2.24) is 24.8 Å². The average molecular weight is 530 g/mol. The molecule has 2 aliphatic carbocycles. The maximum absolute atomic E-state index is 15.1. The van der Waals surface area contributed by atoms with E-state index >= 15 is 4.39 Å². The summed E-state index contributed by atoms with van der Waals surface area (Å²) >= 11 is 0. The molecule has 1 saturated carbocycles. The molecular formula is C29H32FN7O2. The number of anilines is 3. The Hall–Kier alpha value is -4.18. The van der Waals surface area contributed by atoms with Crippen molar-refractivity contribution in [2.24, 2.45) is 0 Å². The number of hydrogen-bond donors (Lipinski definition) is 2. The molecule has 6 rings (SSSR count). The lowest BCUT2D eigenvalue weighted by Gasteiger charge is -2.34. The second kappa shape index (κ2) is 10.5. The highest BCUT2D eigenvalue weighted by Crippen LogP contribution is 2.39. The van der Waals surface area contributed by atoms with Crippen molar-refractivity contribution in [2.45, 2.75) is 31.4 Å². The van der Waals surface area contributed by atoms with Crippen LogP contribution in [0.3, 0.4) is 0 Å². The Morgan fingerprint density at radius 2 is 2.00 bits per heavy atom. The molecule has 0 bridgehead atoms. The van der Waals surface area contributed by atoms with Gasteiger partial charge in [0.15, 0.2) is 0 Å². The van der Waals surface area contributed by atoms with E-state index in [1.807, 2.05) is 42.6 Å². The molecule has 1 atom stereocenters. The molecule has 1 saturated heterocycles. The van der Waals surface area contributed by atoms with Gasteiger partial charge in [0, 0.05) is 56.2 Å². The number of likely N-dealkylation sites (N-methyl/N-ethyl adjacent to an activating group) is 1. The van der Waals surface area contributed by atoms with Gasteiger partial charge in [-0.15, -0.1) is 0 Å². The molecule has 9 nitrogen and oxygen atoms in total. The fourth-order valence-electron chi connectivity index (χ4n) is 4.99. The van der Waals surface area contributed by atoms with Crippen molar-refractivity contribution < 1.29 is 13.9 Å². The van der Waals surface area contributed by atoms with Crippen LogP contribution in [-0.4, -0.2) is 64.7 Å². The van der Waals surface area contributed by atoms with E-state index in [0.717, 1.165) is 55.8 Å². The fraction of sp³-hybridized carbons (Fsp3) is 0.345. The molecule has 39 heavy (non-hydrogen) atoms. The number of hydrogen-bond acceptors (Lipinski definition) is 7. The predicted octanol–water partition coefficient (Wildman–Crippen LogP) is 4.29. The van der Waals surface area contributed by atoms with Gasteiger partial charge in [-0.25, -0.2) is 4.39 Å². The van der Waals surface area contributed by atoms with Crippen LogP contribution in [0.25, 0.3) is 11.0 Å². The van der Waals surface area contributed by atoms with Crippen LogP contribution in [0, 0.1) is 5.82 Å². The Morgan fingerprint density at radius 1 is 1.18 bits per heavy atom. The van der Waals surface area contributed by atoms with Gasteiger partial charge in [0.1, 0.15) is 17.6 Å². The van der Waals surface area contributed by atoms with E-state index in [2.05, 4.69) is 43.6 Å². The zero-order chi connectivity index (χ0) is 26.9. The first-order valence-electron chi connectivity index (χ1n) is 13.3. The number of piperazine rings is 1. The summed E-state index contributed by atoms with van der Waals surface area (Å²) in [5.74, 6) is 0.220. The number of nitrogens with one attached hydrogen (secondary N) is 2. The molecule has 1 unspecified atom stereocenters. The topological polar surface area (TPSA) is 87.5 Å².